The quantitative estimate of drug-likeness (QED) is 0.700. The lowest BCUT2D eigenvalue weighted by atomic mass is 10.2. The number of ether oxygens (including phenoxy) is 1. The fourth-order valence-electron chi connectivity index (χ4n) is 1.08. The van der Waals surface area contributed by atoms with Crippen molar-refractivity contribution < 1.29 is 14.6 Å². The summed E-state index contributed by atoms with van der Waals surface area (Å²) in [5, 5.41) is 11.5. The first-order valence-corrected chi connectivity index (χ1v) is 5.19. The maximum Gasteiger partial charge on any atom is 0.272 e. The van der Waals surface area contributed by atoms with Gasteiger partial charge in [-0.3, -0.25) is 4.79 Å². The highest BCUT2D eigenvalue weighted by Gasteiger charge is 2.14. The Kier molecular flexibility index (Phi) is 5.16. The predicted octanol–water partition coefficient (Wildman–Crippen LogP) is -0.335. The van der Waals surface area contributed by atoms with Crippen molar-refractivity contribution in [3.8, 4) is 0 Å². The molecule has 1 atom stereocenters. The number of aromatic nitrogens is 2. The Labute approximate surface area is 91.6 Å². The van der Waals surface area contributed by atoms with Gasteiger partial charge in [0, 0.05) is 13.7 Å². The van der Waals surface area contributed by atoms with Crippen LogP contribution in [0, 0.1) is 0 Å². The standard InChI is InChI=1S/C8H13N3O3S/c1-14-5-6(2-3-12)10-8(13)7-4-9-15-11-7/h4,6,12H,2-3,5H2,1H3,(H,10,13). The van der Waals surface area contributed by atoms with E-state index in [0.717, 1.165) is 11.7 Å². The first-order valence-electron chi connectivity index (χ1n) is 4.46. The van der Waals surface area contributed by atoms with E-state index in [1.807, 2.05) is 0 Å². The molecule has 1 heterocycles. The summed E-state index contributed by atoms with van der Waals surface area (Å²) in [4.78, 5) is 11.5. The van der Waals surface area contributed by atoms with Crippen molar-refractivity contribution in [1.82, 2.24) is 14.1 Å². The lowest BCUT2D eigenvalue weighted by Crippen LogP contribution is -2.38. The van der Waals surface area contributed by atoms with E-state index in [4.69, 9.17) is 9.84 Å². The van der Waals surface area contributed by atoms with Gasteiger partial charge in [0.25, 0.3) is 5.91 Å². The Bertz CT molecular complexity index is 285. The highest BCUT2D eigenvalue weighted by molar-refractivity contribution is 6.99. The number of hydrogen-bond donors (Lipinski definition) is 2. The number of hydrogen-bond acceptors (Lipinski definition) is 6. The zero-order valence-corrected chi connectivity index (χ0v) is 9.16. The molecule has 2 N–H and O–H groups in total. The number of amides is 1. The molecule has 6 nitrogen and oxygen atoms in total. The molecule has 0 spiro atoms. The van der Waals surface area contributed by atoms with E-state index in [1.165, 1.54) is 6.20 Å². The maximum atomic E-state index is 11.5. The molecule has 1 unspecified atom stereocenters. The number of methoxy groups -OCH3 is 1. The van der Waals surface area contributed by atoms with E-state index in [-0.39, 0.29) is 18.6 Å². The second kappa shape index (κ2) is 6.44. The van der Waals surface area contributed by atoms with Crippen LogP contribution in [-0.4, -0.2) is 46.1 Å². The number of aliphatic hydroxyl groups excluding tert-OH is 1. The van der Waals surface area contributed by atoms with E-state index in [9.17, 15) is 4.79 Å². The highest BCUT2D eigenvalue weighted by atomic mass is 32.1. The normalized spacial score (nSPS) is 12.4. The Morgan fingerprint density at radius 3 is 3.13 bits per heavy atom. The summed E-state index contributed by atoms with van der Waals surface area (Å²) in [5.74, 6) is -0.292. The van der Waals surface area contributed by atoms with Crippen molar-refractivity contribution in [1.29, 1.82) is 0 Å². The molecule has 0 saturated heterocycles. The molecule has 7 heteroatoms. The molecule has 0 aliphatic heterocycles. The van der Waals surface area contributed by atoms with E-state index < -0.39 is 0 Å². The topological polar surface area (TPSA) is 84.3 Å². The van der Waals surface area contributed by atoms with E-state index in [0.29, 0.717) is 18.7 Å². The number of aliphatic hydroxyl groups is 1. The number of carbonyl (C=O) groups is 1. The lowest BCUT2D eigenvalue weighted by molar-refractivity contribution is 0.0874. The van der Waals surface area contributed by atoms with Gasteiger partial charge in [-0.15, -0.1) is 0 Å². The van der Waals surface area contributed by atoms with Crippen molar-refractivity contribution in [2.75, 3.05) is 20.3 Å². The molecule has 0 radical (unpaired) electrons. The summed E-state index contributed by atoms with van der Waals surface area (Å²) in [6.45, 7) is 0.369. The van der Waals surface area contributed by atoms with Crippen LogP contribution in [0.1, 0.15) is 16.9 Å². The van der Waals surface area contributed by atoms with E-state index >= 15 is 0 Å². The molecule has 15 heavy (non-hydrogen) atoms. The first-order chi connectivity index (χ1) is 7.27. The SMILES string of the molecule is COCC(CCO)NC(=O)c1cnsn1. The van der Waals surface area contributed by atoms with Gasteiger partial charge in [-0.05, 0) is 6.42 Å². The molecule has 0 aromatic carbocycles. The average Bonchev–Trinajstić information content (AvgIpc) is 2.71. The van der Waals surface area contributed by atoms with Crippen molar-refractivity contribution in [2.45, 2.75) is 12.5 Å². The molecule has 1 amide bonds. The van der Waals surface area contributed by atoms with Crippen molar-refractivity contribution >= 4 is 17.6 Å². The third kappa shape index (κ3) is 3.90. The number of nitrogens with zero attached hydrogens (tertiary/aromatic N) is 2. The molecule has 0 aliphatic rings. The number of carbonyl (C=O) groups excluding carboxylic acids is 1. The summed E-state index contributed by atoms with van der Waals surface area (Å²) in [6, 6.07) is -0.200. The maximum absolute atomic E-state index is 11.5. The van der Waals surface area contributed by atoms with Crippen LogP contribution in [0.5, 0.6) is 0 Å². The summed E-state index contributed by atoms with van der Waals surface area (Å²) in [5.41, 5.74) is 0.291. The molecule has 1 aromatic heterocycles. The molecule has 0 fully saturated rings. The predicted molar refractivity (Wildman–Crippen MR) is 54.7 cm³/mol. The zero-order chi connectivity index (χ0) is 11.1. The van der Waals surface area contributed by atoms with Crippen molar-refractivity contribution in [2.24, 2.45) is 0 Å². The molecule has 0 bridgehead atoms. The fourth-order valence-corrected chi connectivity index (χ4v) is 1.49. The molecule has 84 valence electrons. The van der Waals surface area contributed by atoms with Gasteiger partial charge in [-0.1, -0.05) is 0 Å². The second-order valence-corrected chi connectivity index (χ2v) is 3.49. The number of rotatable bonds is 6. The monoisotopic (exact) mass is 231 g/mol. The van der Waals surface area contributed by atoms with Gasteiger partial charge in [0.15, 0.2) is 5.69 Å². The van der Waals surface area contributed by atoms with Gasteiger partial charge >= 0.3 is 0 Å². The van der Waals surface area contributed by atoms with Crippen LogP contribution in [0.25, 0.3) is 0 Å². The Hall–Kier alpha value is -1.05. The van der Waals surface area contributed by atoms with Crippen LogP contribution in [-0.2, 0) is 4.74 Å². The smallest absolute Gasteiger partial charge is 0.272 e. The lowest BCUT2D eigenvalue weighted by Gasteiger charge is -2.15. The molecule has 1 aromatic rings. The minimum absolute atomic E-state index is 0.00359. The molecule has 0 aliphatic carbocycles. The van der Waals surface area contributed by atoms with Gasteiger partial charge in [0.05, 0.1) is 30.6 Å². The second-order valence-electron chi connectivity index (χ2n) is 2.93. The van der Waals surface area contributed by atoms with Crippen LogP contribution in [0.15, 0.2) is 6.20 Å². The Balaban J connectivity index is 2.47. The molecule has 0 saturated carbocycles. The van der Waals surface area contributed by atoms with Crippen LogP contribution in [0.2, 0.25) is 0 Å². The third-order valence-electron chi connectivity index (χ3n) is 1.77. The van der Waals surface area contributed by atoms with E-state index in [2.05, 4.69) is 14.1 Å². The fraction of sp³-hybridized carbons (Fsp3) is 0.625. The Morgan fingerprint density at radius 1 is 1.80 bits per heavy atom. The van der Waals surface area contributed by atoms with E-state index in [1.54, 1.807) is 7.11 Å². The summed E-state index contributed by atoms with van der Waals surface area (Å²) < 4.78 is 12.5. The van der Waals surface area contributed by atoms with Crippen LogP contribution >= 0.6 is 11.7 Å². The van der Waals surface area contributed by atoms with Crippen LogP contribution in [0.3, 0.4) is 0 Å². The molecule has 1 rings (SSSR count). The summed E-state index contributed by atoms with van der Waals surface area (Å²) in [6.07, 6.45) is 1.86. The van der Waals surface area contributed by atoms with Crippen molar-refractivity contribution in [3.05, 3.63) is 11.9 Å². The summed E-state index contributed by atoms with van der Waals surface area (Å²) in [7, 11) is 1.54. The minimum atomic E-state index is -0.292. The van der Waals surface area contributed by atoms with Gasteiger partial charge in [0.2, 0.25) is 0 Å². The number of nitrogens with one attached hydrogen (secondary N) is 1. The van der Waals surface area contributed by atoms with Gasteiger partial charge in [-0.25, -0.2) is 0 Å². The van der Waals surface area contributed by atoms with Gasteiger partial charge in [0.1, 0.15) is 0 Å². The largest absolute Gasteiger partial charge is 0.396 e. The Morgan fingerprint density at radius 2 is 2.60 bits per heavy atom. The third-order valence-corrected chi connectivity index (χ3v) is 2.25. The molecular formula is C8H13N3O3S. The summed E-state index contributed by atoms with van der Waals surface area (Å²) >= 11 is 0.980. The molecular weight excluding hydrogens is 218 g/mol. The highest BCUT2D eigenvalue weighted by Crippen LogP contribution is 1.98. The first kappa shape index (κ1) is 12.0. The van der Waals surface area contributed by atoms with Gasteiger partial charge in [-0.2, -0.15) is 8.75 Å². The van der Waals surface area contributed by atoms with Gasteiger partial charge < -0.3 is 15.2 Å². The van der Waals surface area contributed by atoms with Crippen molar-refractivity contribution in [3.63, 3.8) is 0 Å². The average molecular weight is 231 g/mol. The van der Waals surface area contributed by atoms with Crippen LogP contribution < -0.4 is 5.32 Å². The zero-order valence-electron chi connectivity index (χ0n) is 8.34. The minimum Gasteiger partial charge on any atom is -0.396 e. The van der Waals surface area contributed by atoms with Crippen LogP contribution in [0.4, 0.5) is 0 Å².